The average molecular weight is 488 g/mol. The van der Waals surface area contributed by atoms with Crippen LogP contribution in [0, 0.1) is 0 Å². The molecule has 1 saturated heterocycles. The van der Waals surface area contributed by atoms with Crippen LogP contribution in [0.3, 0.4) is 0 Å². The molecule has 35 heavy (non-hydrogen) atoms. The van der Waals surface area contributed by atoms with Gasteiger partial charge in [0.05, 0.1) is 12.7 Å². The Bertz CT molecular complexity index is 1450. The molecule has 3 aromatic carbocycles. The largest absolute Gasteiger partial charge is 0.325 e. The summed E-state index contributed by atoms with van der Waals surface area (Å²) in [5.41, 5.74) is 0.338. The van der Waals surface area contributed by atoms with Gasteiger partial charge in [-0.15, -0.1) is 0 Å². The molecule has 0 saturated carbocycles. The zero-order valence-corrected chi connectivity index (χ0v) is 19.6. The van der Waals surface area contributed by atoms with Crippen LogP contribution in [0.5, 0.6) is 0 Å². The molecule has 4 aromatic rings. The van der Waals surface area contributed by atoms with Crippen molar-refractivity contribution in [1.29, 1.82) is 0 Å². The maximum Gasteiger partial charge on any atom is 0.325 e. The Morgan fingerprint density at radius 2 is 1.77 bits per heavy atom. The van der Waals surface area contributed by atoms with Crippen molar-refractivity contribution >= 4 is 46.0 Å². The van der Waals surface area contributed by atoms with Crippen LogP contribution in [0.4, 0.5) is 10.6 Å². The first kappa shape index (κ1) is 22.6. The van der Waals surface area contributed by atoms with Crippen molar-refractivity contribution in [3.05, 3.63) is 95.1 Å². The quantitative estimate of drug-likeness (QED) is 0.399. The van der Waals surface area contributed by atoms with Crippen molar-refractivity contribution in [3.8, 4) is 0 Å². The molecular weight excluding hydrogens is 466 g/mol. The summed E-state index contributed by atoms with van der Waals surface area (Å²) < 4.78 is 1.62. The van der Waals surface area contributed by atoms with Gasteiger partial charge in [0.1, 0.15) is 17.9 Å². The molecule has 8 nitrogen and oxygen atoms in total. The van der Waals surface area contributed by atoms with E-state index in [1.807, 2.05) is 54.6 Å². The summed E-state index contributed by atoms with van der Waals surface area (Å²) in [7, 11) is 0. The summed E-state index contributed by atoms with van der Waals surface area (Å²) in [6.07, 6.45) is 1.57. The number of nitrogens with zero attached hydrogens (tertiary/aromatic N) is 3. The predicted molar refractivity (Wildman–Crippen MR) is 133 cm³/mol. The van der Waals surface area contributed by atoms with Crippen LogP contribution < -0.4 is 10.6 Å². The van der Waals surface area contributed by atoms with Crippen molar-refractivity contribution in [1.82, 2.24) is 20.0 Å². The molecule has 1 aromatic heterocycles. The lowest BCUT2D eigenvalue weighted by Crippen LogP contribution is -2.42. The first-order chi connectivity index (χ1) is 16.8. The number of carbonyl (C=O) groups excluding carboxylic acids is 3. The number of fused-ring (bicyclic) bond motifs is 1. The van der Waals surface area contributed by atoms with Gasteiger partial charge in [-0.3, -0.25) is 14.5 Å². The SMILES string of the molecule is CC1(c2ccc3ccccc3c2)NC(=O)N(CC(=O)Nc2ccnn2Cc2ccc(Cl)cc2)C1=O. The number of hydrogen-bond acceptors (Lipinski definition) is 4. The van der Waals surface area contributed by atoms with Gasteiger partial charge >= 0.3 is 6.03 Å². The molecular formula is C26H22ClN5O3. The topological polar surface area (TPSA) is 96.3 Å². The average Bonchev–Trinajstić information content (AvgIpc) is 3.37. The number of amides is 4. The first-order valence-corrected chi connectivity index (χ1v) is 11.4. The van der Waals surface area contributed by atoms with E-state index < -0.39 is 29.9 Å². The smallest absolute Gasteiger partial charge is 0.319 e. The second-order valence-corrected chi connectivity index (χ2v) is 8.99. The number of halogens is 1. The lowest BCUT2D eigenvalue weighted by atomic mass is 9.90. The van der Waals surface area contributed by atoms with Crippen molar-refractivity contribution in [2.75, 3.05) is 11.9 Å². The Kier molecular flexibility index (Phi) is 5.74. The second-order valence-electron chi connectivity index (χ2n) is 8.56. The number of anilines is 1. The van der Waals surface area contributed by atoms with Crippen molar-refractivity contribution in [3.63, 3.8) is 0 Å². The minimum Gasteiger partial charge on any atom is -0.319 e. The number of aromatic nitrogens is 2. The van der Waals surface area contributed by atoms with E-state index in [1.165, 1.54) is 0 Å². The van der Waals surface area contributed by atoms with Crippen LogP contribution in [0.1, 0.15) is 18.1 Å². The third-order valence-electron chi connectivity index (χ3n) is 6.13. The normalized spacial score (nSPS) is 17.6. The van der Waals surface area contributed by atoms with E-state index in [4.69, 9.17) is 11.6 Å². The summed E-state index contributed by atoms with van der Waals surface area (Å²) in [6, 6.07) is 21.7. The number of benzene rings is 3. The summed E-state index contributed by atoms with van der Waals surface area (Å²) in [4.78, 5) is 39.7. The van der Waals surface area contributed by atoms with Gasteiger partial charge in [-0.25, -0.2) is 9.48 Å². The van der Waals surface area contributed by atoms with E-state index in [-0.39, 0.29) is 0 Å². The van der Waals surface area contributed by atoms with Crippen molar-refractivity contribution in [2.24, 2.45) is 0 Å². The fourth-order valence-electron chi connectivity index (χ4n) is 4.19. The monoisotopic (exact) mass is 487 g/mol. The molecule has 0 bridgehead atoms. The molecule has 1 unspecified atom stereocenters. The fourth-order valence-corrected chi connectivity index (χ4v) is 4.32. The molecule has 0 radical (unpaired) electrons. The molecule has 9 heteroatoms. The van der Waals surface area contributed by atoms with Gasteiger partial charge in [-0.1, -0.05) is 60.1 Å². The van der Waals surface area contributed by atoms with Crippen LogP contribution >= 0.6 is 11.6 Å². The Hall–Kier alpha value is -4.17. The standard InChI is InChI=1S/C26H22ClN5O3/c1-26(20-9-8-18-4-2-3-5-19(18)14-20)24(34)31(25(35)30-26)16-23(33)29-22-12-13-28-32(22)15-17-6-10-21(27)11-7-17/h2-14H,15-16H2,1H3,(H,29,33)(H,30,35). The molecule has 1 aliphatic rings. The molecule has 0 spiro atoms. The Balaban J connectivity index is 1.29. The number of nitrogens with one attached hydrogen (secondary N) is 2. The van der Waals surface area contributed by atoms with Gasteiger partial charge in [0.25, 0.3) is 5.91 Å². The Morgan fingerprint density at radius 3 is 2.54 bits per heavy atom. The highest BCUT2D eigenvalue weighted by atomic mass is 35.5. The maximum atomic E-state index is 13.3. The third kappa shape index (κ3) is 4.36. The van der Waals surface area contributed by atoms with Gasteiger partial charge in [0, 0.05) is 11.1 Å². The summed E-state index contributed by atoms with van der Waals surface area (Å²) >= 11 is 5.94. The molecule has 2 N–H and O–H groups in total. The molecule has 1 aliphatic heterocycles. The lowest BCUT2D eigenvalue weighted by Gasteiger charge is -2.22. The van der Waals surface area contributed by atoms with Gasteiger partial charge in [0.15, 0.2) is 0 Å². The van der Waals surface area contributed by atoms with Crippen LogP contribution in [0.2, 0.25) is 5.02 Å². The summed E-state index contributed by atoms with van der Waals surface area (Å²) in [5.74, 6) is -0.536. The zero-order valence-electron chi connectivity index (χ0n) is 18.9. The van der Waals surface area contributed by atoms with E-state index in [9.17, 15) is 14.4 Å². The van der Waals surface area contributed by atoms with E-state index >= 15 is 0 Å². The number of rotatable bonds is 6. The molecule has 0 aliphatic carbocycles. The van der Waals surface area contributed by atoms with E-state index in [0.717, 1.165) is 21.2 Å². The van der Waals surface area contributed by atoms with Gasteiger partial charge in [-0.2, -0.15) is 5.10 Å². The second kappa shape index (κ2) is 8.88. The van der Waals surface area contributed by atoms with Gasteiger partial charge in [0.2, 0.25) is 5.91 Å². The minimum absolute atomic E-state index is 0.417. The molecule has 4 amide bonds. The van der Waals surface area contributed by atoms with Crippen LogP contribution in [0.15, 0.2) is 79.0 Å². The summed E-state index contributed by atoms with van der Waals surface area (Å²) in [5, 5.41) is 12.4. The maximum absolute atomic E-state index is 13.3. The Labute approximate surface area is 206 Å². The highest BCUT2D eigenvalue weighted by Crippen LogP contribution is 2.31. The van der Waals surface area contributed by atoms with Gasteiger partial charge in [-0.05, 0) is 47.0 Å². The first-order valence-electron chi connectivity index (χ1n) is 11.0. The molecule has 176 valence electrons. The lowest BCUT2D eigenvalue weighted by molar-refractivity contribution is -0.133. The van der Waals surface area contributed by atoms with Gasteiger partial charge < -0.3 is 10.6 Å². The third-order valence-corrected chi connectivity index (χ3v) is 6.39. The highest BCUT2D eigenvalue weighted by molar-refractivity contribution is 6.30. The molecule has 1 fully saturated rings. The van der Waals surface area contributed by atoms with E-state index in [0.29, 0.717) is 22.9 Å². The fraction of sp³-hybridized carbons (Fsp3) is 0.154. The van der Waals surface area contributed by atoms with E-state index in [1.54, 1.807) is 36.0 Å². The molecule has 5 rings (SSSR count). The van der Waals surface area contributed by atoms with Crippen LogP contribution in [0.25, 0.3) is 10.8 Å². The number of urea groups is 1. The summed E-state index contributed by atoms with van der Waals surface area (Å²) in [6.45, 7) is 1.65. The highest BCUT2D eigenvalue weighted by Gasteiger charge is 2.49. The molecule has 1 atom stereocenters. The van der Waals surface area contributed by atoms with Crippen molar-refractivity contribution in [2.45, 2.75) is 19.0 Å². The number of hydrogen-bond donors (Lipinski definition) is 2. The number of carbonyl (C=O) groups is 3. The van der Waals surface area contributed by atoms with Crippen LogP contribution in [-0.2, 0) is 21.7 Å². The van der Waals surface area contributed by atoms with E-state index in [2.05, 4.69) is 15.7 Å². The van der Waals surface area contributed by atoms with Crippen LogP contribution in [-0.4, -0.2) is 39.1 Å². The van der Waals surface area contributed by atoms with Crippen molar-refractivity contribution < 1.29 is 14.4 Å². The Morgan fingerprint density at radius 1 is 1.03 bits per heavy atom. The minimum atomic E-state index is -1.27. The molecule has 2 heterocycles. The zero-order chi connectivity index (χ0) is 24.6. The predicted octanol–water partition coefficient (Wildman–Crippen LogP) is 4.14. The number of imide groups is 1.